The van der Waals surface area contributed by atoms with Gasteiger partial charge in [0.25, 0.3) is 5.91 Å². The Labute approximate surface area is 190 Å². The zero-order valence-electron chi connectivity index (χ0n) is 17.9. The highest BCUT2D eigenvalue weighted by molar-refractivity contribution is 5.82. The summed E-state index contributed by atoms with van der Waals surface area (Å²) in [5, 5.41) is 8.40. The van der Waals surface area contributed by atoms with Gasteiger partial charge in [-0.1, -0.05) is 60.7 Å². The van der Waals surface area contributed by atoms with E-state index in [1.165, 1.54) is 6.21 Å². The van der Waals surface area contributed by atoms with Gasteiger partial charge in [0.15, 0.2) is 0 Å². The third-order valence-corrected chi connectivity index (χ3v) is 4.78. The molecule has 164 valence electrons. The van der Waals surface area contributed by atoms with Crippen molar-refractivity contribution >= 4 is 12.1 Å². The van der Waals surface area contributed by atoms with Gasteiger partial charge in [-0.25, -0.2) is 14.9 Å². The van der Waals surface area contributed by atoms with Crippen molar-refractivity contribution in [1.29, 1.82) is 0 Å². The second kappa shape index (κ2) is 10.1. The highest BCUT2D eigenvalue weighted by Gasteiger charge is 2.16. The van der Waals surface area contributed by atoms with Crippen LogP contribution in [-0.4, -0.2) is 34.0 Å². The Morgan fingerprint density at radius 2 is 1.55 bits per heavy atom. The molecule has 0 atom stereocenters. The lowest BCUT2D eigenvalue weighted by Crippen LogP contribution is -2.33. The van der Waals surface area contributed by atoms with Crippen molar-refractivity contribution in [2.45, 2.75) is 6.54 Å². The van der Waals surface area contributed by atoms with E-state index in [1.807, 2.05) is 60.7 Å². The average molecular weight is 439 g/mol. The predicted molar refractivity (Wildman–Crippen MR) is 126 cm³/mol. The highest BCUT2D eigenvalue weighted by Crippen LogP contribution is 2.27. The third kappa shape index (κ3) is 5.37. The lowest BCUT2D eigenvalue weighted by atomic mass is 10.0. The average Bonchev–Trinajstić information content (AvgIpc) is 2.86. The Morgan fingerprint density at radius 3 is 2.15 bits per heavy atom. The van der Waals surface area contributed by atoms with Crippen LogP contribution in [0.5, 0.6) is 5.75 Å². The summed E-state index contributed by atoms with van der Waals surface area (Å²) >= 11 is 0. The molecule has 0 bridgehead atoms. The Kier molecular flexibility index (Phi) is 6.65. The predicted octanol–water partition coefficient (Wildman–Crippen LogP) is 3.13. The molecule has 0 aliphatic carbocycles. The Hall–Kier alpha value is -4.59. The summed E-state index contributed by atoms with van der Waals surface area (Å²) in [5.41, 5.74) is 5.10. The van der Waals surface area contributed by atoms with Gasteiger partial charge in [0.2, 0.25) is 0 Å². The second-order valence-corrected chi connectivity index (χ2v) is 7.05. The van der Waals surface area contributed by atoms with Gasteiger partial charge in [-0.05, 0) is 29.8 Å². The number of methoxy groups -OCH3 is 1. The molecule has 8 nitrogen and oxygen atoms in total. The van der Waals surface area contributed by atoms with Gasteiger partial charge < -0.3 is 4.74 Å². The second-order valence-electron chi connectivity index (χ2n) is 7.05. The number of carbonyl (C=O) groups excluding carboxylic acids is 1. The van der Waals surface area contributed by atoms with Crippen molar-refractivity contribution in [3.8, 4) is 28.3 Å². The van der Waals surface area contributed by atoms with E-state index in [9.17, 15) is 9.59 Å². The van der Waals surface area contributed by atoms with Crippen molar-refractivity contribution in [3.05, 3.63) is 101 Å². The number of benzene rings is 3. The highest BCUT2D eigenvalue weighted by atomic mass is 16.5. The van der Waals surface area contributed by atoms with Crippen LogP contribution in [-0.2, 0) is 11.3 Å². The molecule has 0 aliphatic rings. The molecular weight excluding hydrogens is 418 g/mol. The van der Waals surface area contributed by atoms with E-state index in [4.69, 9.17) is 4.74 Å². The molecule has 3 aromatic carbocycles. The Morgan fingerprint density at radius 1 is 0.939 bits per heavy atom. The third-order valence-electron chi connectivity index (χ3n) is 4.78. The van der Waals surface area contributed by atoms with Crippen LogP contribution in [0.15, 0.2) is 94.8 Å². The zero-order chi connectivity index (χ0) is 23.0. The number of carbonyl (C=O) groups is 1. The molecule has 33 heavy (non-hydrogen) atoms. The molecule has 0 radical (unpaired) electrons. The maximum Gasteiger partial charge on any atom is 0.365 e. The number of nitrogens with zero attached hydrogens (tertiary/aromatic N) is 4. The lowest BCUT2D eigenvalue weighted by Gasteiger charge is -2.11. The molecule has 1 amide bonds. The standard InChI is InChI=1S/C25H21N5O3/c1-33-21-14-12-18(13-15-21)16-26-28-22(31)17-30-25(32)27-23(19-8-4-2-5-9-19)24(29-30)20-10-6-3-7-11-20/h2-16H,17H2,1H3,(H,28,31). The van der Waals surface area contributed by atoms with Gasteiger partial charge in [-0.15, -0.1) is 0 Å². The van der Waals surface area contributed by atoms with Crippen LogP contribution >= 0.6 is 0 Å². The number of rotatable bonds is 7. The molecule has 0 saturated heterocycles. The van der Waals surface area contributed by atoms with Crippen LogP contribution < -0.4 is 15.9 Å². The number of aromatic nitrogens is 3. The first-order chi connectivity index (χ1) is 16.1. The van der Waals surface area contributed by atoms with E-state index in [0.29, 0.717) is 11.4 Å². The maximum atomic E-state index is 12.6. The summed E-state index contributed by atoms with van der Waals surface area (Å²) in [4.78, 5) is 29.3. The Balaban J connectivity index is 1.57. The molecule has 1 heterocycles. The molecule has 0 aliphatic heterocycles. The first kappa shape index (κ1) is 21.6. The minimum absolute atomic E-state index is 0.319. The summed E-state index contributed by atoms with van der Waals surface area (Å²) < 4.78 is 6.14. The Bertz CT molecular complexity index is 1320. The number of hydrogen-bond acceptors (Lipinski definition) is 6. The maximum absolute atomic E-state index is 12.6. The van der Waals surface area contributed by atoms with Gasteiger partial charge in [-0.2, -0.15) is 15.2 Å². The molecule has 1 N–H and O–H groups in total. The molecule has 4 aromatic rings. The van der Waals surface area contributed by atoms with E-state index < -0.39 is 11.6 Å². The van der Waals surface area contributed by atoms with E-state index in [2.05, 4.69) is 20.6 Å². The van der Waals surface area contributed by atoms with Crippen molar-refractivity contribution in [3.63, 3.8) is 0 Å². The van der Waals surface area contributed by atoms with E-state index in [-0.39, 0.29) is 6.54 Å². The molecule has 0 unspecified atom stereocenters. The van der Waals surface area contributed by atoms with Crippen LogP contribution in [0.25, 0.3) is 22.5 Å². The van der Waals surface area contributed by atoms with Crippen LogP contribution in [0.1, 0.15) is 5.56 Å². The van der Waals surface area contributed by atoms with Crippen molar-refractivity contribution < 1.29 is 9.53 Å². The molecule has 8 heteroatoms. The summed E-state index contributed by atoms with van der Waals surface area (Å²) in [6, 6.07) is 25.9. The van der Waals surface area contributed by atoms with Gasteiger partial charge >= 0.3 is 5.69 Å². The molecular formula is C25H21N5O3. The first-order valence-corrected chi connectivity index (χ1v) is 10.2. The minimum Gasteiger partial charge on any atom is -0.497 e. The van der Waals surface area contributed by atoms with Crippen molar-refractivity contribution in [1.82, 2.24) is 20.2 Å². The fourth-order valence-electron chi connectivity index (χ4n) is 3.15. The molecule has 0 fully saturated rings. The van der Waals surface area contributed by atoms with E-state index in [0.717, 1.165) is 27.1 Å². The van der Waals surface area contributed by atoms with Crippen LogP contribution in [0.4, 0.5) is 0 Å². The van der Waals surface area contributed by atoms with Crippen LogP contribution in [0.3, 0.4) is 0 Å². The monoisotopic (exact) mass is 439 g/mol. The quantitative estimate of drug-likeness (QED) is 0.352. The number of hydrazone groups is 1. The number of nitrogens with one attached hydrogen (secondary N) is 1. The topological polar surface area (TPSA) is 98.5 Å². The van der Waals surface area contributed by atoms with Crippen molar-refractivity contribution in [2.75, 3.05) is 7.11 Å². The smallest absolute Gasteiger partial charge is 0.365 e. The molecule has 4 rings (SSSR count). The normalized spacial score (nSPS) is 10.8. The summed E-state index contributed by atoms with van der Waals surface area (Å²) in [7, 11) is 1.59. The van der Waals surface area contributed by atoms with Crippen LogP contribution in [0.2, 0.25) is 0 Å². The fourth-order valence-corrected chi connectivity index (χ4v) is 3.15. The van der Waals surface area contributed by atoms with E-state index >= 15 is 0 Å². The molecule has 1 aromatic heterocycles. The number of amides is 1. The summed E-state index contributed by atoms with van der Waals surface area (Å²) in [5.74, 6) is 0.227. The summed E-state index contributed by atoms with van der Waals surface area (Å²) in [6.45, 7) is -0.319. The SMILES string of the molecule is COc1ccc(C=NNC(=O)Cn2nc(-c3ccccc3)c(-c3ccccc3)nc2=O)cc1. The van der Waals surface area contributed by atoms with Crippen LogP contribution in [0, 0.1) is 0 Å². The van der Waals surface area contributed by atoms with Gasteiger partial charge in [0, 0.05) is 11.1 Å². The van der Waals surface area contributed by atoms with Gasteiger partial charge in [0.05, 0.1) is 13.3 Å². The summed E-state index contributed by atoms with van der Waals surface area (Å²) in [6.07, 6.45) is 1.50. The van der Waals surface area contributed by atoms with Crippen molar-refractivity contribution in [2.24, 2.45) is 5.10 Å². The van der Waals surface area contributed by atoms with Gasteiger partial charge in [0.1, 0.15) is 23.7 Å². The lowest BCUT2D eigenvalue weighted by molar-refractivity contribution is -0.121. The largest absolute Gasteiger partial charge is 0.497 e. The fraction of sp³-hybridized carbons (Fsp3) is 0.0800. The van der Waals surface area contributed by atoms with Gasteiger partial charge in [-0.3, -0.25) is 4.79 Å². The zero-order valence-corrected chi connectivity index (χ0v) is 17.9. The molecule has 0 spiro atoms. The number of ether oxygens (including phenoxy) is 1. The minimum atomic E-state index is -0.622. The number of hydrogen-bond donors (Lipinski definition) is 1. The van der Waals surface area contributed by atoms with E-state index in [1.54, 1.807) is 31.4 Å². The first-order valence-electron chi connectivity index (χ1n) is 10.2. The molecule has 0 saturated carbocycles.